The monoisotopic (exact) mass is 773 g/mol. The highest BCUT2D eigenvalue weighted by atomic mass is 19.4. The summed E-state index contributed by atoms with van der Waals surface area (Å²) < 4.78 is 80.3. The number of pyridine rings is 1. The first-order valence-corrected chi connectivity index (χ1v) is 15.8. The molecular formula is C34H37F6N5O9. The van der Waals surface area contributed by atoms with Crippen LogP contribution in [-0.2, 0) is 33.8 Å². The van der Waals surface area contributed by atoms with Gasteiger partial charge < -0.3 is 46.2 Å². The molecule has 0 bridgehead atoms. The number of carboxylic acids is 2. The summed E-state index contributed by atoms with van der Waals surface area (Å²) in [5.74, 6) is -4.64. The molecule has 14 nitrogen and oxygen atoms in total. The van der Waals surface area contributed by atoms with E-state index >= 15 is 0 Å². The van der Waals surface area contributed by atoms with E-state index in [0.29, 0.717) is 59.9 Å². The number of nitrogens with two attached hydrogens (primary N) is 2. The number of alkyl halides is 6. The van der Waals surface area contributed by atoms with Crippen molar-refractivity contribution >= 4 is 46.0 Å². The van der Waals surface area contributed by atoms with Crippen LogP contribution in [0.25, 0.3) is 10.9 Å². The third-order valence-electron chi connectivity index (χ3n) is 6.96. The Balaban J connectivity index is 0.000000610. The molecule has 54 heavy (non-hydrogen) atoms. The number of nitrogens with one attached hydrogen (secondary N) is 2. The van der Waals surface area contributed by atoms with E-state index in [1.54, 1.807) is 24.5 Å². The predicted molar refractivity (Wildman–Crippen MR) is 181 cm³/mol. The Morgan fingerprint density at radius 2 is 1.48 bits per heavy atom. The number of primary amides is 1. The van der Waals surface area contributed by atoms with Crippen LogP contribution in [0.4, 0.5) is 37.7 Å². The van der Waals surface area contributed by atoms with Gasteiger partial charge in [-0.3, -0.25) is 14.6 Å². The molecule has 4 rings (SSSR count). The number of carboxylic acid groups (broad SMARTS) is 2. The van der Waals surface area contributed by atoms with Crippen LogP contribution >= 0.6 is 0 Å². The maximum absolute atomic E-state index is 12.7. The molecule has 8 N–H and O–H groups in total. The van der Waals surface area contributed by atoms with Crippen LogP contribution in [0.5, 0.6) is 11.5 Å². The Hall–Kier alpha value is -6.05. The topological polar surface area (TPSA) is 229 Å². The van der Waals surface area contributed by atoms with E-state index in [9.17, 15) is 35.9 Å². The van der Waals surface area contributed by atoms with Crippen LogP contribution in [0.15, 0.2) is 59.3 Å². The Labute approximate surface area is 303 Å². The van der Waals surface area contributed by atoms with Gasteiger partial charge in [0.05, 0.1) is 42.3 Å². The van der Waals surface area contributed by atoms with Crippen LogP contribution in [0.3, 0.4) is 0 Å². The molecule has 4 aromatic rings. The molecule has 20 heteroatoms. The van der Waals surface area contributed by atoms with Gasteiger partial charge in [0.2, 0.25) is 5.91 Å². The van der Waals surface area contributed by atoms with Crippen molar-refractivity contribution < 1.29 is 69.6 Å². The molecule has 2 heterocycles. The standard InChI is InChI=1S/C30H35N5O5.2C2HF3O2/c1-4-20-18(16-34-30(37)23(31)13-19-10-8-12-40-19)9-7-11-24(20)35-28-21-14-26(38-5-2)27(39-6-3)15-25(21)33-17-22(28)29(32)36;2*3-2(4,5)1(6)7/h7-12,14-15,17,23H,4-6,13,16,31H2,1-3H3,(H2,32,36)(H,33,35)(H,34,37);2*(H,6,7)/t23-;;/m0../s1. The number of hydrogen-bond acceptors (Lipinski definition) is 10. The van der Waals surface area contributed by atoms with Gasteiger partial charge in [0, 0.05) is 36.3 Å². The molecule has 0 aliphatic carbocycles. The smallest absolute Gasteiger partial charge is 0.490 e. The average Bonchev–Trinajstić information content (AvgIpc) is 3.60. The highest BCUT2D eigenvalue weighted by Crippen LogP contribution is 2.38. The summed E-state index contributed by atoms with van der Waals surface area (Å²) in [4.78, 5) is 47.4. The molecule has 0 radical (unpaired) electrons. The molecule has 0 fully saturated rings. The zero-order valence-electron chi connectivity index (χ0n) is 28.9. The predicted octanol–water partition coefficient (Wildman–Crippen LogP) is 5.48. The molecule has 0 aliphatic heterocycles. The molecular weight excluding hydrogens is 736 g/mol. The first kappa shape index (κ1) is 44.1. The molecule has 294 valence electrons. The molecule has 1 atom stereocenters. The van der Waals surface area contributed by atoms with Gasteiger partial charge in [-0.25, -0.2) is 9.59 Å². The normalized spacial score (nSPS) is 11.6. The zero-order valence-corrected chi connectivity index (χ0v) is 28.9. The summed E-state index contributed by atoms with van der Waals surface area (Å²) in [5.41, 5.74) is 15.9. The highest BCUT2D eigenvalue weighted by molar-refractivity contribution is 6.08. The molecule has 0 aliphatic rings. The molecule has 0 saturated carbocycles. The lowest BCUT2D eigenvalue weighted by Gasteiger charge is -2.20. The van der Waals surface area contributed by atoms with Crippen molar-refractivity contribution in [3.8, 4) is 11.5 Å². The number of anilines is 2. The Bertz CT molecular complexity index is 1880. The third kappa shape index (κ3) is 12.9. The summed E-state index contributed by atoms with van der Waals surface area (Å²) in [5, 5.41) is 21.3. The van der Waals surface area contributed by atoms with Gasteiger partial charge in [-0.1, -0.05) is 19.1 Å². The van der Waals surface area contributed by atoms with Crippen LogP contribution in [0, 0.1) is 0 Å². The molecule has 0 saturated heterocycles. The lowest BCUT2D eigenvalue weighted by molar-refractivity contribution is -0.193. The van der Waals surface area contributed by atoms with E-state index in [4.69, 9.17) is 45.2 Å². The fourth-order valence-corrected chi connectivity index (χ4v) is 4.58. The summed E-state index contributed by atoms with van der Waals surface area (Å²) in [6.45, 7) is 7.00. The summed E-state index contributed by atoms with van der Waals surface area (Å²) in [6, 6.07) is 12.2. The number of amides is 2. The first-order valence-electron chi connectivity index (χ1n) is 15.8. The lowest BCUT2D eigenvalue weighted by Crippen LogP contribution is -2.41. The van der Waals surface area contributed by atoms with E-state index in [-0.39, 0.29) is 18.0 Å². The van der Waals surface area contributed by atoms with Crippen LogP contribution in [0.2, 0.25) is 0 Å². The average molecular weight is 774 g/mol. The number of ether oxygens (including phenoxy) is 2. The number of fused-ring (bicyclic) bond motifs is 1. The highest BCUT2D eigenvalue weighted by Gasteiger charge is 2.39. The van der Waals surface area contributed by atoms with Gasteiger partial charge in [0.15, 0.2) is 11.5 Å². The van der Waals surface area contributed by atoms with Crippen molar-refractivity contribution in [1.82, 2.24) is 10.3 Å². The van der Waals surface area contributed by atoms with Crippen LogP contribution < -0.4 is 31.6 Å². The van der Waals surface area contributed by atoms with Crippen molar-refractivity contribution in [1.29, 1.82) is 0 Å². The Morgan fingerprint density at radius 1 is 0.907 bits per heavy atom. The first-order chi connectivity index (χ1) is 25.2. The van der Waals surface area contributed by atoms with E-state index in [1.165, 1.54) is 6.20 Å². The van der Waals surface area contributed by atoms with E-state index < -0.39 is 36.2 Å². The van der Waals surface area contributed by atoms with Gasteiger partial charge in [-0.15, -0.1) is 0 Å². The number of aromatic nitrogens is 1. The fourth-order valence-electron chi connectivity index (χ4n) is 4.58. The number of furan rings is 1. The minimum atomic E-state index is -5.08. The van der Waals surface area contributed by atoms with Crippen molar-refractivity contribution in [2.75, 3.05) is 18.5 Å². The SMILES string of the molecule is CCOc1cc2ncc(C(N)=O)c(Nc3cccc(CNC(=O)[C@@H](N)Cc4ccco4)c3CC)c2cc1OCC.O=C(O)C(F)(F)F.O=C(O)C(F)(F)F. The second kappa shape index (κ2) is 19.7. The number of benzene rings is 2. The lowest BCUT2D eigenvalue weighted by atomic mass is 10.0. The molecule has 0 spiro atoms. The van der Waals surface area contributed by atoms with Crippen molar-refractivity contribution in [2.45, 2.75) is 58.6 Å². The molecule has 0 unspecified atom stereocenters. The van der Waals surface area contributed by atoms with Crippen LogP contribution in [-0.4, -0.2) is 70.6 Å². The summed E-state index contributed by atoms with van der Waals surface area (Å²) >= 11 is 0. The largest absolute Gasteiger partial charge is 0.490 e. The van der Waals surface area contributed by atoms with Crippen molar-refractivity contribution in [3.63, 3.8) is 0 Å². The number of halogens is 6. The van der Waals surface area contributed by atoms with Gasteiger partial charge in [-0.05, 0) is 55.7 Å². The number of carbonyl (C=O) groups excluding carboxylic acids is 2. The Morgan fingerprint density at radius 3 is 1.96 bits per heavy atom. The van der Waals surface area contributed by atoms with Crippen molar-refractivity contribution in [2.24, 2.45) is 11.5 Å². The number of aliphatic carboxylic acids is 2. The number of nitrogens with zero attached hydrogens (tertiary/aromatic N) is 1. The summed E-state index contributed by atoms with van der Waals surface area (Å²) in [6.07, 6.45) is -6.18. The second-order valence-corrected chi connectivity index (χ2v) is 10.7. The van der Waals surface area contributed by atoms with Gasteiger partial charge in [0.25, 0.3) is 5.91 Å². The number of carbonyl (C=O) groups is 4. The molecule has 2 aromatic carbocycles. The molecule has 2 aromatic heterocycles. The van der Waals surface area contributed by atoms with Crippen LogP contribution in [0.1, 0.15) is 48.0 Å². The molecule has 2 amide bonds. The maximum atomic E-state index is 12.7. The summed E-state index contributed by atoms with van der Waals surface area (Å²) in [7, 11) is 0. The van der Waals surface area contributed by atoms with Gasteiger partial charge in [-0.2, -0.15) is 26.3 Å². The quantitative estimate of drug-likeness (QED) is 0.0928. The maximum Gasteiger partial charge on any atom is 0.490 e. The minimum absolute atomic E-state index is 0.240. The number of hydrogen-bond donors (Lipinski definition) is 6. The third-order valence-corrected chi connectivity index (χ3v) is 6.96. The number of rotatable bonds is 13. The second-order valence-electron chi connectivity index (χ2n) is 10.7. The fraction of sp³-hybridized carbons (Fsp3) is 0.324. The van der Waals surface area contributed by atoms with E-state index in [1.807, 2.05) is 45.0 Å². The van der Waals surface area contributed by atoms with Gasteiger partial charge >= 0.3 is 24.3 Å². The van der Waals surface area contributed by atoms with E-state index in [0.717, 1.165) is 16.8 Å². The minimum Gasteiger partial charge on any atom is -0.490 e. The Kier molecular flexibility index (Phi) is 16.1. The van der Waals surface area contributed by atoms with Crippen molar-refractivity contribution in [3.05, 3.63) is 77.4 Å². The van der Waals surface area contributed by atoms with Gasteiger partial charge in [0.1, 0.15) is 5.76 Å². The van der Waals surface area contributed by atoms with E-state index in [2.05, 4.69) is 15.6 Å². The zero-order chi connectivity index (χ0) is 40.8.